The van der Waals surface area contributed by atoms with E-state index < -0.39 is 0 Å². The van der Waals surface area contributed by atoms with Crippen LogP contribution in [0.3, 0.4) is 0 Å². The van der Waals surface area contributed by atoms with Crippen LogP contribution in [0.15, 0.2) is 40.7 Å². The van der Waals surface area contributed by atoms with E-state index in [1.165, 1.54) is 5.57 Å². The van der Waals surface area contributed by atoms with E-state index in [1.54, 1.807) is 18.1 Å². The van der Waals surface area contributed by atoms with Crippen LogP contribution < -0.4 is 10.2 Å². The Morgan fingerprint density at radius 3 is 2.75 bits per heavy atom. The summed E-state index contributed by atoms with van der Waals surface area (Å²) in [5.74, 6) is 1.12. The Kier molecular flexibility index (Phi) is 7.33. The maximum absolute atomic E-state index is 9.06. The van der Waals surface area contributed by atoms with E-state index in [-0.39, 0.29) is 12.5 Å². The highest BCUT2D eigenvalue weighted by Gasteiger charge is 2.28. The average Bonchev–Trinajstić information content (AvgIpc) is 2.67. The second-order valence-electron chi connectivity index (χ2n) is 6.62. The van der Waals surface area contributed by atoms with Crippen LogP contribution in [0.1, 0.15) is 46.6 Å². The van der Waals surface area contributed by atoms with Crippen LogP contribution in [0.5, 0.6) is 5.88 Å². The lowest BCUT2D eigenvalue weighted by molar-refractivity contribution is 0.325. The van der Waals surface area contributed by atoms with E-state index in [0.29, 0.717) is 24.0 Å². The number of rotatable bonds is 6. The molecule has 1 aromatic rings. The number of amidine groups is 1. The van der Waals surface area contributed by atoms with Crippen molar-refractivity contribution in [2.24, 2.45) is 10.9 Å². The van der Waals surface area contributed by atoms with Crippen molar-refractivity contribution in [3.8, 4) is 11.9 Å². The molecule has 0 amide bonds. The average molecular weight is 380 g/mol. The lowest BCUT2D eigenvalue weighted by Crippen LogP contribution is -2.46. The largest absolute Gasteiger partial charge is 0.477 e. The van der Waals surface area contributed by atoms with E-state index in [9.17, 15) is 0 Å². The zero-order valence-corrected chi connectivity index (χ0v) is 17.2. The highest BCUT2D eigenvalue weighted by Crippen LogP contribution is 2.30. The third kappa shape index (κ3) is 4.58. The van der Waals surface area contributed by atoms with Gasteiger partial charge < -0.3 is 4.74 Å². The van der Waals surface area contributed by atoms with Gasteiger partial charge in [-0.1, -0.05) is 20.8 Å². The normalized spacial score (nSPS) is 17.1. The van der Waals surface area contributed by atoms with Gasteiger partial charge in [0.25, 0.3) is 0 Å². The summed E-state index contributed by atoms with van der Waals surface area (Å²) in [6, 6.07) is 5.83. The zero-order valence-electron chi connectivity index (χ0n) is 17.2. The van der Waals surface area contributed by atoms with Gasteiger partial charge in [-0.3, -0.25) is 15.8 Å². The summed E-state index contributed by atoms with van der Waals surface area (Å²) < 4.78 is 5.67. The summed E-state index contributed by atoms with van der Waals surface area (Å²) in [4.78, 5) is 8.82. The molecule has 28 heavy (non-hydrogen) atoms. The van der Waals surface area contributed by atoms with Gasteiger partial charge in [-0.15, -0.1) is 0 Å². The molecule has 2 rings (SSSR count). The van der Waals surface area contributed by atoms with E-state index in [2.05, 4.69) is 42.2 Å². The number of aliphatic imine (C=N–C) groups is 1. The Balaban J connectivity index is 2.71. The summed E-state index contributed by atoms with van der Waals surface area (Å²) in [7, 11) is 0. The molecule has 0 fully saturated rings. The summed E-state index contributed by atoms with van der Waals surface area (Å²) in [5, 5.41) is 19.1. The maximum atomic E-state index is 9.06. The Hall–Kier alpha value is -3.14. The summed E-state index contributed by atoms with van der Waals surface area (Å²) in [6.07, 6.45) is 4.41. The number of pyridine rings is 1. The Labute approximate surface area is 166 Å². The fourth-order valence-electron chi connectivity index (χ4n) is 3.16. The molecule has 0 atom stereocenters. The molecule has 2 N–H and O–H groups in total. The van der Waals surface area contributed by atoms with Crippen LogP contribution in [-0.4, -0.2) is 34.7 Å². The van der Waals surface area contributed by atoms with Gasteiger partial charge in [-0.05, 0) is 50.0 Å². The quantitative estimate of drug-likeness (QED) is 0.443. The van der Waals surface area contributed by atoms with Crippen LogP contribution in [0.2, 0.25) is 0 Å². The number of nitrogens with one attached hydrogen (secondary N) is 2. The Morgan fingerprint density at radius 1 is 1.43 bits per heavy atom. The first-order valence-electron chi connectivity index (χ1n) is 9.51. The number of ether oxygens (including phenoxy) is 1. The van der Waals surface area contributed by atoms with Crippen LogP contribution in [0, 0.1) is 22.7 Å². The number of hydrogen-bond donors (Lipinski definition) is 2. The fraction of sp³-hybridized carbons (Fsp3) is 0.429. The van der Waals surface area contributed by atoms with Crippen molar-refractivity contribution in [2.75, 3.05) is 13.2 Å². The molecule has 7 nitrogen and oxygen atoms in total. The maximum Gasteiger partial charge on any atom is 0.222 e. The molecule has 1 aromatic heterocycles. The molecule has 0 saturated carbocycles. The molecule has 148 valence electrons. The van der Waals surface area contributed by atoms with E-state index in [1.807, 2.05) is 25.1 Å². The topological polar surface area (TPSA) is 97.4 Å². The van der Waals surface area contributed by atoms with Gasteiger partial charge in [0, 0.05) is 6.20 Å². The van der Waals surface area contributed by atoms with Crippen molar-refractivity contribution < 1.29 is 4.74 Å². The molecular weight excluding hydrogens is 352 g/mol. The van der Waals surface area contributed by atoms with Gasteiger partial charge in [0.1, 0.15) is 12.4 Å². The standard InChI is InChI=1S/C21H28N6O/c1-6-16(14(3)4)20-19(24-12-10-22)13-18(26-27(20)15(5)23)17-9-8-11-25-21(17)28-7-2/h8-9,11,13-14,23,26H,6-7,12H2,1-5H3/b20-16+,23-15?,24-19?. The molecule has 0 aromatic carbocycles. The number of nitrogens with zero attached hydrogens (tertiary/aromatic N) is 4. The van der Waals surface area contributed by atoms with Gasteiger partial charge in [0.05, 0.1) is 35.3 Å². The van der Waals surface area contributed by atoms with Gasteiger partial charge in [0.15, 0.2) is 0 Å². The van der Waals surface area contributed by atoms with Crippen LogP contribution >= 0.6 is 0 Å². The third-order valence-corrected chi connectivity index (χ3v) is 4.36. The lowest BCUT2D eigenvalue weighted by Gasteiger charge is -2.35. The smallest absolute Gasteiger partial charge is 0.222 e. The van der Waals surface area contributed by atoms with Crippen molar-refractivity contribution in [3.05, 3.63) is 41.2 Å². The molecule has 2 heterocycles. The Bertz CT molecular complexity index is 860. The molecule has 0 radical (unpaired) electrons. The SMILES string of the molecule is CCOc1ncccc1C1=CC(=NCC#N)/C(=C(/CC)C(C)C)N(C(C)=N)N1. The van der Waals surface area contributed by atoms with Crippen LogP contribution in [0.4, 0.5) is 0 Å². The molecule has 1 aliphatic rings. The predicted molar refractivity (Wildman–Crippen MR) is 112 cm³/mol. The number of hydrazine groups is 1. The first-order chi connectivity index (χ1) is 13.4. The monoisotopic (exact) mass is 380 g/mol. The summed E-state index contributed by atoms with van der Waals surface area (Å²) in [6.45, 7) is 10.5. The number of hydrogen-bond acceptors (Lipinski definition) is 6. The minimum atomic E-state index is 0.0496. The van der Waals surface area contributed by atoms with Gasteiger partial charge in [-0.25, -0.2) is 9.99 Å². The van der Waals surface area contributed by atoms with Gasteiger partial charge in [0.2, 0.25) is 5.88 Å². The molecular formula is C21H28N6O. The zero-order chi connectivity index (χ0) is 20.7. The fourth-order valence-corrected chi connectivity index (χ4v) is 3.16. The molecule has 0 aliphatic carbocycles. The van der Waals surface area contributed by atoms with E-state index >= 15 is 0 Å². The lowest BCUT2D eigenvalue weighted by atomic mass is 9.94. The van der Waals surface area contributed by atoms with Gasteiger partial charge in [-0.2, -0.15) is 5.26 Å². The molecule has 7 heteroatoms. The second-order valence-corrected chi connectivity index (χ2v) is 6.62. The highest BCUT2D eigenvalue weighted by atomic mass is 16.5. The highest BCUT2D eigenvalue weighted by molar-refractivity contribution is 6.15. The molecule has 1 aliphatic heterocycles. The van der Waals surface area contributed by atoms with E-state index in [4.69, 9.17) is 15.4 Å². The minimum absolute atomic E-state index is 0.0496. The second kappa shape index (κ2) is 9.70. The molecule has 0 saturated heterocycles. The first-order valence-corrected chi connectivity index (χ1v) is 9.51. The molecule has 0 spiro atoms. The minimum Gasteiger partial charge on any atom is -0.477 e. The van der Waals surface area contributed by atoms with Crippen molar-refractivity contribution in [1.82, 2.24) is 15.4 Å². The van der Waals surface area contributed by atoms with Crippen LogP contribution in [0.25, 0.3) is 5.70 Å². The van der Waals surface area contributed by atoms with Crippen LogP contribution in [-0.2, 0) is 0 Å². The molecule has 0 bridgehead atoms. The first kappa shape index (κ1) is 21.2. The van der Waals surface area contributed by atoms with Crippen molar-refractivity contribution >= 4 is 17.2 Å². The number of aromatic nitrogens is 1. The predicted octanol–water partition coefficient (Wildman–Crippen LogP) is 3.92. The van der Waals surface area contributed by atoms with Crippen molar-refractivity contribution in [2.45, 2.75) is 41.0 Å². The Morgan fingerprint density at radius 2 is 2.18 bits per heavy atom. The number of allylic oxidation sites excluding steroid dienone is 2. The third-order valence-electron chi connectivity index (χ3n) is 4.36. The summed E-state index contributed by atoms with van der Waals surface area (Å²) >= 11 is 0. The van der Waals surface area contributed by atoms with E-state index in [0.717, 1.165) is 23.4 Å². The molecule has 0 unspecified atom stereocenters. The summed E-state index contributed by atoms with van der Waals surface area (Å²) in [5.41, 5.74) is 7.51. The van der Waals surface area contributed by atoms with Gasteiger partial charge >= 0.3 is 0 Å². The van der Waals surface area contributed by atoms with Crippen molar-refractivity contribution in [3.63, 3.8) is 0 Å². The number of nitriles is 1. The van der Waals surface area contributed by atoms with Crippen molar-refractivity contribution in [1.29, 1.82) is 10.7 Å².